The minimum absolute atomic E-state index is 0.307. The Bertz CT molecular complexity index is 582. The Morgan fingerprint density at radius 1 is 1.22 bits per heavy atom. The summed E-state index contributed by atoms with van der Waals surface area (Å²) in [5.74, 6) is -1.23. The summed E-state index contributed by atoms with van der Waals surface area (Å²) in [6, 6.07) is 2.43. The molecule has 94 valence electrons. The van der Waals surface area contributed by atoms with Gasteiger partial charge >= 0.3 is 0 Å². The highest BCUT2D eigenvalue weighted by Gasteiger charge is 2.15. The molecule has 3 rings (SSSR count). The second kappa shape index (κ2) is 4.45. The average Bonchev–Trinajstić information content (AvgIpc) is 2.84. The third-order valence-corrected chi connectivity index (χ3v) is 3.00. The first-order valence-corrected chi connectivity index (χ1v) is 5.81. The average molecular weight is 250 g/mol. The van der Waals surface area contributed by atoms with Gasteiger partial charge in [0, 0.05) is 24.7 Å². The molecular weight excluding hydrogens is 238 g/mol. The Morgan fingerprint density at radius 2 is 2.00 bits per heavy atom. The second-order valence-electron chi connectivity index (χ2n) is 4.34. The smallest absolute Gasteiger partial charge is 0.161 e. The number of rotatable bonds is 2. The molecule has 0 radical (unpaired) electrons. The lowest BCUT2D eigenvalue weighted by atomic mass is 10.2. The first-order valence-electron chi connectivity index (χ1n) is 5.81. The summed E-state index contributed by atoms with van der Waals surface area (Å²) in [5, 5.41) is 6.44. The normalized spacial score (nSPS) is 19.3. The summed E-state index contributed by atoms with van der Waals surface area (Å²) in [4.78, 5) is 8.31. The van der Waals surface area contributed by atoms with Crippen LogP contribution in [0.2, 0.25) is 0 Å². The molecule has 1 fully saturated rings. The first-order chi connectivity index (χ1) is 8.72. The highest BCUT2D eigenvalue weighted by atomic mass is 19.2. The Labute approximate surface area is 102 Å². The van der Waals surface area contributed by atoms with E-state index in [-0.39, 0.29) is 0 Å². The van der Waals surface area contributed by atoms with Crippen LogP contribution in [0.1, 0.15) is 6.42 Å². The van der Waals surface area contributed by atoms with Gasteiger partial charge in [0.1, 0.15) is 5.82 Å². The van der Waals surface area contributed by atoms with Crippen LogP contribution in [0.3, 0.4) is 0 Å². The molecule has 0 unspecified atom stereocenters. The van der Waals surface area contributed by atoms with E-state index in [1.54, 1.807) is 0 Å². The van der Waals surface area contributed by atoms with Gasteiger partial charge in [-0.15, -0.1) is 0 Å². The fraction of sp³-hybridized carbons (Fsp3) is 0.333. The molecule has 1 aliphatic rings. The molecule has 18 heavy (non-hydrogen) atoms. The van der Waals surface area contributed by atoms with Crippen LogP contribution in [0.4, 0.5) is 14.6 Å². The fourth-order valence-electron chi connectivity index (χ4n) is 2.06. The van der Waals surface area contributed by atoms with Gasteiger partial charge in [0.2, 0.25) is 0 Å². The van der Waals surface area contributed by atoms with Crippen molar-refractivity contribution < 1.29 is 8.78 Å². The Morgan fingerprint density at radius 3 is 2.72 bits per heavy atom. The zero-order valence-corrected chi connectivity index (χ0v) is 9.58. The zero-order valence-electron chi connectivity index (χ0n) is 9.58. The predicted molar refractivity (Wildman–Crippen MR) is 64.4 cm³/mol. The van der Waals surface area contributed by atoms with Crippen LogP contribution in [0.15, 0.2) is 18.3 Å². The molecule has 4 nitrogen and oxygen atoms in total. The van der Waals surface area contributed by atoms with E-state index in [4.69, 9.17) is 0 Å². The molecule has 0 bridgehead atoms. The lowest BCUT2D eigenvalue weighted by Crippen LogP contribution is -2.22. The summed E-state index contributed by atoms with van der Waals surface area (Å²) >= 11 is 0. The second-order valence-corrected chi connectivity index (χ2v) is 4.34. The van der Waals surface area contributed by atoms with Crippen LogP contribution in [0.5, 0.6) is 0 Å². The molecular formula is C12H12F2N4. The molecule has 6 heteroatoms. The topological polar surface area (TPSA) is 49.8 Å². The van der Waals surface area contributed by atoms with E-state index in [0.717, 1.165) is 31.6 Å². The molecule has 1 aromatic heterocycles. The van der Waals surface area contributed by atoms with Gasteiger partial charge in [-0.05, 0) is 13.0 Å². The monoisotopic (exact) mass is 250 g/mol. The first kappa shape index (κ1) is 11.3. The van der Waals surface area contributed by atoms with Crippen molar-refractivity contribution in [3.05, 3.63) is 30.0 Å². The molecule has 2 heterocycles. The number of aromatic nitrogens is 2. The van der Waals surface area contributed by atoms with Crippen LogP contribution in [-0.4, -0.2) is 29.1 Å². The Hall–Kier alpha value is -1.82. The maximum atomic E-state index is 13.1. The highest BCUT2D eigenvalue weighted by Crippen LogP contribution is 2.17. The van der Waals surface area contributed by atoms with E-state index in [2.05, 4.69) is 20.6 Å². The minimum atomic E-state index is -0.906. The van der Waals surface area contributed by atoms with E-state index < -0.39 is 11.6 Å². The van der Waals surface area contributed by atoms with E-state index in [0.29, 0.717) is 22.9 Å². The lowest BCUT2D eigenvalue weighted by Gasteiger charge is -2.11. The number of nitrogens with one attached hydrogen (secondary N) is 2. The largest absolute Gasteiger partial charge is 0.365 e. The molecule has 2 N–H and O–H groups in total. The van der Waals surface area contributed by atoms with Crippen molar-refractivity contribution in [2.24, 2.45) is 0 Å². The van der Waals surface area contributed by atoms with Gasteiger partial charge in [-0.25, -0.2) is 13.8 Å². The van der Waals surface area contributed by atoms with Crippen molar-refractivity contribution >= 4 is 16.9 Å². The molecule has 2 aromatic rings. The molecule has 1 saturated heterocycles. The summed E-state index contributed by atoms with van der Waals surface area (Å²) in [6.07, 6.45) is 2.55. The number of benzene rings is 1. The van der Waals surface area contributed by atoms with Crippen molar-refractivity contribution in [1.82, 2.24) is 15.3 Å². The summed E-state index contributed by atoms with van der Waals surface area (Å²) in [6.45, 7) is 1.84. The Kier molecular flexibility index (Phi) is 2.79. The summed E-state index contributed by atoms with van der Waals surface area (Å²) in [7, 11) is 0. The highest BCUT2D eigenvalue weighted by molar-refractivity contribution is 5.75. The van der Waals surface area contributed by atoms with E-state index in [9.17, 15) is 8.78 Å². The molecule has 0 spiro atoms. The molecule has 1 atom stereocenters. The van der Waals surface area contributed by atoms with Gasteiger partial charge in [0.25, 0.3) is 0 Å². The quantitative estimate of drug-likeness (QED) is 0.851. The maximum Gasteiger partial charge on any atom is 0.161 e. The third-order valence-electron chi connectivity index (χ3n) is 3.00. The van der Waals surface area contributed by atoms with Gasteiger partial charge in [-0.3, -0.25) is 4.98 Å². The van der Waals surface area contributed by atoms with Gasteiger partial charge in [0.05, 0.1) is 17.2 Å². The van der Waals surface area contributed by atoms with E-state index >= 15 is 0 Å². The standard InChI is InChI=1S/C12H12F2N4/c13-8-3-10-11(4-9(8)14)18-12(6-16-10)17-7-1-2-15-5-7/h3-4,6-7,15H,1-2,5H2,(H,17,18)/t7-/m1/s1. The van der Waals surface area contributed by atoms with Gasteiger partial charge in [0.15, 0.2) is 11.6 Å². The number of hydrogen-bond donors (Lipinski definition) is 2. The van der Waals surface area contributed by atoms with Crippen molar-refractivity contribution in [2.75, 3.05) is 18.4 Å². The lowest BCUT2D eigenvalue weighted by molar-refractivity contribution is 0.510. The van der Waals surface area contributed by atoms with Crippen molar-refractivity contribution in [3.8, 4) is 0 Å². The van der Waals surface area contributed by atoms with Crippen molar-refractivity contribution in [3.63, 3.8) is 0 Å². The molecule has 1 aromatic carbocycles. The number of hydrogen-bond acceptors (Lipinski definition) is 4. The van der Waals surface area contributed by atoms with Gasteiger partial charge in [-0.1, -0.05) is 0 Å². The molecule has 0 saturated carbocycles. The van der Waals surface area contributed by atoms with Crippen molar-refractivity contribution in [1.29, 1.82) is 0 Å². The van der Waals surface area contributed by atoms with E-state index in [1.165, 1.54) is 6.20 Å². The number of fused-ring (bicyclic) bond motifs is 1. The SMILES string of the molecule is Fc1cc2ncc(N[C@@H]3CCNC3)nc2cc1F. The third kappa shape index (κ3) is 2.11. The number of halogens is 2. The zero-order chi connectivity index (χ0) is 12.5. The molecule has 0 amide bonds. The van der Waals surface area contributed by atoms with Crippen molar-refractivity contribution in [2.45, 2.75) is 12.5 Å². The number of nitrogens with zero attached hydrogens (tertiary/aromatic N) is 2. The minimum Gasteiger partial charge on any atom is -0.365 e. The maximum absolute atomic E-state index is 13.1. The van der Waals surface area contributed by atoms with Gasteiger partial charge < -0.3 is 10.6 Å². The Balaban J connectivity index is 1.92. The fourth-order valence-corrected chi connectivity index (χ4v) is 2.06. The van der Waals surface area contributed by atoms with Crippen LogP contribution in [0, 0.1) is 11.6 Å². The number of anilines is 1. The molecule has 0 aliphatic carbocycles. The van der Waals surface area contributed by atoms with Crippen LogP contribution in [0.25, 0.3) is 11.0 Å². The summed E-state index contributed by atoms with van der Waals surface area (Å²) in [5.41, 5.74) is 0.703. The predicted octanol–water partition coefficient (Wildman–Crippen LogP) is 1.68. The summed E-state index contributed by atoms with van der Waals surface area (Å²) < 4.78 is 26.1. The van der Waals surface area contributed by atoms with Crippen LogP contribution >= 0.6 is 0 Å². The van der Waals surface area contributed by atoms with Crippen LogP contribution < -0.4 is 10.6 Å². The van der Waals surface area contributed by atoms with Crippen LogP contribution in [-0.2, 0) is 0 Å². The van der Waals surface area contributed by atoms with Gasteiger partial charge in [-0.2, -0.15) is 0 Å². The molecule has 1 aliphatic heterocycles. The van der Waals surface area contributed by atoms with E-state index in [1.807, 2.05) is 0 Å².